The summed E-state index contributed by atoms with van der Waals surface area (Å²) in [5, 5.41) is 8.20. The van der Waals surface area contributed by atoms with Crippen LogP contribution in [0.5, 0.6) is 0 Å². The number of hydrogen-bond acceptors (Lipinski definition) is 2. The van der Waals surface area contributed by atoms with E-state index in [9.17, 15) is 0 Å². The topological polar surface area (TPSA) is 24.7 Å². The molecule has 0 spiro atoms. The molecule has 0 rings (SSSR count). The number of azo groups is 1. The van der Waals surface area contributed by atoms with Crippen LogP contribution in [0.2, 0.25) is 0 Å². The molecule has 15 heavy (non-hydrogen) atoms. The first-order valence-corrected chi connectivity index (χ1v) is 4.94. The first-order valence-electron chi connectivity index (χ1n) is 4.94. The van der Waals surface area contributed by atoms with Crippen molar-refractivity contribution in [2.45, 2.75) is 20.8 Å². The zero-order chi connectivity index (χ0) is 11.5. The lowest BCUT2D eigenvalue weighted by Gasteiger charge is -1.92. The Morgan fingerprint density at radius 1 is 0.933 bits per heavy atom. The zero-order valence-corrected chi connectivity index (χ0v) is 9.64. The second-order valence-corrected chi connectivity index (χ2v) is 2.72. The lowest BCUT2D eigenvalue weighted by molar-refractivity contribution is 1.11. The largest absolute Gasteiger partial charge is 0.151 e. The van der Waals surface area contributed by atoms with E-state index in [1.165, 1.54) is 0 Å². The van der Waals surface area contributed by atoms with E-state index < -0.39 is 0 Å². The number of nitrogens with zero attached hydrogens (tertiary/aromatic N) is 2. The molecular formula is C13H18N2. The minimum absolute atomic E-state index is 0.818. The Morgan fingerprint density at radius 3 is 1.87 bits per heavy atom. The van der Waals surface area contributed by atoms with Gasteiger partial charge in [0.2, 0.25) is 0 Å². The van der Waals surface area contributed by atoms with Crippen LogP contribution in [0.3, 0.4) is 0 Å². The molecule has 0 radical (unpaired) electrons. The summed E-state index contributed by atoms with van der Waals surface area (Å²) in [4.78, 5) is 0. The van der Waals surface area contributed by atoms with Gasteiger partial charge in [0, 0.05) is 0 Å². The maximum absolute atomic E-state index is 4.10. The maximum atomic E-state index is 4.10. The molecule has 0 unspecified atom stereocenters. The predicted octanol–water partition coefficient (Wildman–Crippen LogP) is 4.56. The summed E-state index contributed by atoms with van der Waals surface area (Å²) in [6.45, 7) is 9.41. The standard InChI is InChI=1S/C13H18N2/c1-5-9-11-13(8-4)15-14-12(7-3)10-6-2/h5-11H,1H2,2-4H3/b10-6-,11-9-,12-7+,13-8+,15-14-. The number of hydrogen-bond donors (Lipinski definition) is 0. The van der Waals surface area contributed by atoms with E-state index in [0.29, 0.717) is 0 Å². The number of allylic oxidation sites excluding steroid dienone is 7. The summed E-state index contributed by atoms with van der Waals surface area (Å²) >= 11 is 0. The molecule has 0 atom stereocenters. The quantitative estimate of drug-likeness (QED) is 0.461. The summed E-state index contributed by atoms with van der Waals surface area (Å²) in [7, 11) is 0. The van der Waals surface area contributed by atoms with E-state index >= 15 is 0 Å². The Morgan fingerprint density at radius 2 is 1.47 bits per heavy atom. The van der Waals surface area contributed by atoms with Crippen LogP contribution in [0.4, 0.5) is 0 Å². The van der Waals surface area contributed by atoms with E-state index in [2.05, 4.69) is 16.8 Å². The monoisotopic (exact) mass is 202 g/mol. The molecule has 0 aliphatic rings. The molecule has 0 saturated heterocycles. The fraction of sp³-hybridized carbons (Fsp3) is 0.231. The summed E-state index contributed by atoms with van der Waals surface area (Å²) in [6, 6.07) is 0. The Bertz CT molecular complexity index is 328. The van der Waals surface area contributed by atoms with Gasteiger partial charge < -0.3 is 0 Å². The van der Waals surface area contributed by atoms with Crippen LogP contribution in [-0.2, 0) is 0 Å². The Kier molecular flexibility index (Phi) is 7.87. The van der Waals surface area contributed by atoms with Gasteiger partial charge in [-0.2, -0.15) is 10.2 Å². The van der Waals surface area contributed by atoms with Crippen LogP contribution in [-0.4, -0.2) is 0 Å². The normalized spacial score (nSPS) is 14.6. The van der Waals surface area contributed by atoms with Gasteiger partial charge >= 0.3 is 0 Å². The fourth-order valence-corrected chi connectivity index (χ4v) is 0.827. The first-order chi connectivity index (χ1) is 7.28. The van der Waals surface area contributed by atoms with Crippen LogP contribution in [0.25, 0.3) is 0 Å². The Balaban J connectivity index is 4.61. The SMILES string of the molecule is C=C\C=C/C(=C\C)/N=N\C(\C=C/C)=C\C. The molecule has 0 amide bonds. The average Bonchev–Trinajstić information content (AvgIpc) is 2.27. The van der Waals surface area contributed by atoms with E-state index in [4.69, 9.17) is 0 Å². The highest BCUT2D eigenvalue weighted by Gasteiger charge is 1.87. The van der Waals surface area contributed by atoms with Crippen LogP contribution in [0.1, 0.15) is 20.8 Å². The molecule has 0 aromatic carbocycles. The lowest BCUT2D eigenvalue weighted by Crippen LogP contribution is -1.72. The van der Waals surface area contributed by atoms with Gasteiger partial charge in [0.1, 0.15) is 0 Å². The second kappa shape index (κ2) is 8.88. The van der Waals surface area contributed by atoms with Gasteiger partial charge in [-0.3, -0.25) is 0 Å². The van der Waals surface area contributed by atoms with Crippen molar-refractivity contribution in [1.82, 2.24) is 0 Å². The van der Waals surface area contributed by atoms with Crippen molar-refractivity contribution in [3.8, 4) is 0 Å². The molecular weight excluding hydrogens is 184 g/mol. The smallest absolute Gasteiger partial charge is 0.0814 e. The van der Waals surface area contributed by atoms with Gasteiger partial charge in [0.25, 0.3) is 0 Å². The summed E-state index contributed by atoms with van der Waals surface area (Å²) in [6.07, 6.45) is 13.1. The molecule has 0 heterocycles. The molecule has 0 aromatic heterocycles. The molecule has 0 fully saturated rings. The minimum Gasteiger partial charge on any atom is -0.151 e. The molecule has 0 aliphatic carbocycles. The third-order valence-corrected chi connectivity index (χ3v) is 1.61. The van der Waals surface area contributed by atoms with Gasteiger partial charge in [0.15, 0.2) is 0 Å². The average molecular weight is 202 g/mol. The highest BCUT2D eigenvalue weighted by molar-refractivity contribution is 5.21. The Labute approximate surface area is 92.1 Å². The van der Waals surface area contributed by atoms with Crippen molar-refractivity contribution in [1.29, 1.82) is 0 Å². The lowest BCUT2D eigenvalue weighted by atomic mass is 10.3. The van der Waals surface area contributed by atoms with Crippen LogP contribution < -0.4 is 0 Å². The van der Waals surface area contributed by atoms with Crippen LogP contribution >= 0.6 is 0 Å². The highest BCUT2D eigenvalue weighted by atomic mass is 15.1. The molecule has 0 saturated carbocycles. The highest BCUT2D eigenvalue weighted by Crippen LogP contribution is 2.06. The summed E-state index contributed by atoms with van der Waals surface area (Å²) < 4.78 is 0. The first kappa shape index (κ1) is 13.3. The molecule has 80 valence electrons. The summed E-state index contributed by atoms with van der Waals surface area (Å²) in [5.41, 5.74) is 1.67. The maximum Gasteiger partial charge on any atom is 0.0814 e. The van der Waals surface area contributed by atoms with Gasteiger partial charge in [0.05, 0.1) is 11.4 Å². The van der Waals surface area contributed by atoms with E-state index in [-0.39, 0.29) is 0 Å². The van der Waals surface area contributed by atoms with Gasteiger partial charge in [-0.05, 0) is 32.9 Å². The third kappa shape index (κ3) is 6.38. The predicted molar refractivity (Wildman–Crippen MR) is 66.5 cm³/mol. The van der Waals surface area contributed by atoms with Crippen molar-refractivity contribution in [3.63, 3.8) is 0 Å². The van der Waals surface area contributed by atoms with Gasteiger partial charge in [-0.1, -0.05) is 37.0 Å². The van der Waals surface area contributed by atoms with E-state index in [1.807, 2.05) is 57.2 Å². The van der Waals surface area contributed by atoms with Gasteiger partial charge in [-0.25, -0.2) is 0 Å². The molecule has 2 heteroatoms. The second-order valence-electron chi connectivity index (χ2n) is 2.72. The molecule has 0 aliphatic heterocycles. The fourth-order valence-electron chi connectivity index (χ4n) is 0.827. The molecule has 0 bridgehead atoms. The zero-order valence-electron chi connectivity index (χ0n) is 9.64. The molecule has 2 nitrogen and oxygen atoms in total. The van der Waals surface area contributed by atoms with Crippen molar-refractivity contribution < 1.29 is 0 Å². The molecule has 0 N–H and O–H groups in total. The van der Waals surface area contributed by atoms with Crippen molar-refractivity contribution in [3.05, 3.63) is 60.5 Å². The van der Waals surface area contributed by atoms with Crippen LogP contribution in [0, 0.1) is 0 Å². The number of rotatable bonds is 5. The third-order valence-electron chi connectivity index (χ3n) is 1.61. The summed E-state index contributed by atoms with van der Waals surface area (Å²) in [5.74, 6) is 0. The minimum atomic E-state index is 0.818. The van der Waals surface area contributed by atoms with Crippen molar-refractivity contribution >= 4 is 0 Å². The van der Waals surface area contributed by atoms with E-state index in [1.54, 1.807) is 6.08 Å². The molecule has 0 aromatic rings. The van der Waals surface area contributed by atoms with E-state index in [0.717, 1.165) is 11.4 Å². The van der Waals surface area contributed by atoms with Crippen molar-refractivity contribution in [2.75, 3.05) is 0 Å². The van der Waals surface area contributed by atoms with Gasteiger partial charge in [-0.15, -0.1) is 0 Å². The Hall–Kier alpha value is -1.70. The van der Waals surface area contributed by atoms with Crippen LogP contribution in [0.15, 0.2) is 70.7 Å². The van der Waals surface area contributed by atoms with Crippen molar-refractivity contribution in [2.24, 2.45) is 10.2 Å².